The lowest BCUT2D eigenvalue weighted by molar-refractivity contribution is 0.0319. The highest BCUT2D eigenvalue weighted by Gasteiger charge is 2.13. The molecule has 2 heterocycles. The number of fused-ring (bicyclic) bond motifs is 1. The van der Waals surface area contributed by atoms with Crippen LogP contribution in [0.3, 0.4) is 0 Å². The Morgan fingerprint density at radius 2 is 1.66 bits per heavy atom. The second kappa shape index (κ2) is 12.8. The van der Waals surface area contributed by atoms with Crippen molar-refractivity contribution in [3.63, 3.8) is 0 Å². The summed E-state index contributed by atoms with van der Waals surface area (Å²) in [6, 6.07) is 7.74. The van der Waals surface area contributed by atoms with E-state index in [1.807, 2.05) is 31.2 Å². The summed E-state index contributed by atoms with van der Waals surface area (Å²) in [6.45, 7) is 6.44. The molecule has 0 aliphatic carbocycles. The summed E-state index contributed by atoms with van der Waals surface area (Å²) in [5.41, 5.74) is 2.90. The Hall–Kier alpha value is -2.14. The van der Waals surface area contributed by atoms with Crippen LogP contribution in [0.25, 0.3) is 15.4 Å². The van der Waals surface area contributed by atoms with E-state index in [0.717, 1.165) is 34.7 Å². The van der Waals surface area contributed by atoms with Crippen molar-refractivity contribution in [2.75, 3.05) is 0 Å². The second-order valence-electron chi connectivity index (χ2n) is 8.82. The summed E-state index contributed by atoms with van der Waals surface area (Å²) < 4.78 is 7.74. The molecule has 1 atom stereocenters. The molecule has 0 bridgehead atoms. The molecular weight excluding hydrogens is 416 g/mol. The van der Waals surface area contributed by atoms with Crippen molar-refractivity contribution >= 4 is 22.3 Å². The van der Waals surface area contributed by atoms with Gasteiger partial charge in [0.25, 0.3) is 0 Å². The summed E-state index contributed by atoms with van der Waals surface area (Å²) in [5, 5.41) is 0. The number of esters is 1. The predicted molar refractivity (Wildman–Crippen MR) is 135 cm³/mol. The normalized spacial score (nSPS) is 12.3. The Morgan fingerprint density at radius 1 is 0.969 bits per heavy atom. The van der Waals surface area contributed by atoms with Crippen molar-refractivity contribution in [3.05, 3.63) is 47.9 Å². The molecule has 5 heteroatoms. The third kappa shape index (κ3) is 7.19. The molecule has 0 aliphatic heterocycles. The molecule has 0 aliphatic rings. The van der Waals surface area contributed by atoms with E-state index in [0.29, 0.717) is 5.56 Å². The number of benzene rings is 1. The van der Waals surface area contributed by atoms with Crippen LogP contribution >= 0.6 is 11.3 Å². The number of unbranched alkanes of at least 4 members (excludes halogenated alkanes) is 7. The lowest BCUT2D eigenvalue weighted by Gasteiger charge is -2.13. The van der Waals surface area contributed by atoms with Crippen molar-refractivity contribution in [3.8, 4) is 10.4 Å². The van der Waals surface area contributed by atoms with Gasteiger partial charge in [-0.3, -0.25) is 4.40 Å². The number of ether oxygens (including phenoxy) is 1. The van der Waals surface area contributed by atoms with Crippen molar-refractivity contribution < 1.29 is 9.53 Å². The zero-order valence-electron chi connectivity index (χ0n) is 19.9. The van der Waals surface area contributed by atoms with Gasteiger partial charge in [0.2, 0.25) is 0 Å². The molecule has 3 rings (SSSR count). The summed E-state index contributed by atoms with van der Waals surface area (Å²) in [4.78, 5) is 19.4. The van der Waals surface area contributed by atoms with E-state index in [4.69, 9.17) is 9.72 Å². The van der Waals surface area contributed by atoms with Gasteiger partial charge in [0, 0.05) is 12.4 Å². The average molecular weight is 455 g/mol. The number of thiazole rings is 1. The summed E-state index contributed by atoms with van der Waals surface area (Å²) in [7, 11) is 0. The highest BCUT2D eigenvalue weighted by atomic mass is 32.1. The van der Waals surface area contributed by atoms with E-state index in [9.17, 15) is 4.79 Å². The molecular formula is C27H38N2O2S. The van der Waals surface area contributed by atoms with Crippen molar-refractivity contribution in [2.45, 2.75) is 97.5 Å². The predicted octanol–water partition coefficient (Wildman–Crippen LogP) is 8.09. The van der Waals surface area contributed by atoms with Gasteiger partial charge >= 0.3 is 5.97 Å². The number of hydrogen-bond acceptors (Lipinski definition) is 4. The maximum atomic E-state index is 12.4. The maximum Gasteiger partial charge on any atom is 0.338 e. The van der Waals surface area contributed by atoms with Gasteiger partial charge in [-0.2, -0.15) is 0 Å². The minimum absolute atomic E-state index is 0.0371. The minimum Gasteiger partial charge on any atom is -0.459 e. The van der Waals surface area contributed by atoms with Crippen LogP contribution in [0, 0.1) is 0 Å². The first kappa shape index (κ1) is 24.5. The highest BCUT2D eigenvalue weighted by Crippen LogP contribution is 2.29. The van der Waals surface area contributed by atoms with E-state index in [2.05, 4.69) is 30.6 Å². The summed E-state index contributed by atoms with van der Waals surface area (Å²) in [6.07, 6.45) is 17.5. The quantitative estimate of drug-likeness (QED) is 0.183. The first-order chi connectivity index (χ1) is 15.6. The molecule has 0 radical (unpaired) electrons. The Morgan fingerprint density at radius 3 is 2.34 bits per heavy atom. The Kier molecular flexibility index (Phi) is 9.79. The number of aryl methyl sites for hydroxylation is 1. The van der Waals surface area contributed by atoms with E-state index < -0.39 is 0 Å². The Balaban J connectivity index is 1.52. The molecule has 174 valence electrons. The maximum absolute atomic E-state index is 12.4. The standard InChI is InChI=1S/C27H38N2O2S/c1-4-6-8-10-12-14-24-19-29-20-25(32-27(29)28-24)22-15-17-23(18-16-22)26(30)31-21(3)13-11-9-7-5-2/h15-21H,4-14H2,1-3H3/t21-/m1/s1. The SMILES string of the molecule is CCCCCCCc1cn2cc(-c3ccc(C(=O)O[C@H](C)CCCCCC)cc3)sc2n1. The number of imidazole rings is 1. The van der Waals surface area contributed by atoms with E-state index in [-0.39, 0.29) is 12.1 Å². The fourth-order valence-electron chi connectivity index (χ4n) is 3.95. The fraction of sp³-hybridized carbons (Fsp3) is 0.556. The molecule has 1 aromatic carbocycles. The van der Waals surface area contributed by atoms with Crippen LogP contribution in [0.2, 0.25) is 0 Å². The monoisotopic (exact) mass is 454 g/mol. The molecule has 0 saturated heterocycles. The number of aromatic nitrogens is 2. The molecule has 32 heavy (non-hydrogen) atoms. The molecule has 0 N–H and O–H groups in total. The van der Waals surface area contributed by atoms with Crippen molar-refractivity contribution in [2.24, 2.45) is 0 Å². The third-order valence-electron chi connectivity index (χ3n) is 5.92. The van der Waals surface area contributed by atoms with Gasteiger partial charge in [0.1, 0.15) is 0 Å². The van der Waals surface area contributed by atoms with Gasteiger partial charge in [-0.25, -0.2) is 9.78 Å². The van der Waals surface area contributed by atoms with Gasteiger partial charge in [-0.15, -0.1) is 0 Å². The molecule has 0 amide bonds. The number of carbonyl (C=O) groups is 1. The number of rotatable bonds is 14. The zero-order valence-corrected chi connectivity index (χ0v) is 20.8. The Bertz CT molecular complexity index is 926. The molecule has 2 aromatic heterocycles. The molecule has 0 saturated carbocycles. The van der Waals surface area contributed by atoms with Crippen LogP contribution in [0.1, 0.15) is 101 Å². The smallest absolute Gasteiger partial charge is 0.338 e. The van der Waals surface area contributed by atoms with E-state index in [1.54, 1.807) is 11.3 Å². The van der Waals surface area contributed by atoms with Crippen molar-refractivity contribution in [1.82, 2.24) is 9.38 Å². The van der Waals surface area contributed by atoms with Crippen LogP contribution in [0.15, 0.2) is 36.7 Å². The van der Waals surface area contributed by atoms with E-state index in [1.165, 1.54) is 57.1 Å². The lowest BCUT2D eigenvalue weighted by atomic mass is 10.1. The Labute approximate surface area is 197 Å². The van der Waals surface area contributed by atoms with Gasteiger partial charge in [-0.1, -0.05) is 82.3 Å². The molecule has 3 aromatic rings. The van der Waals surface area contributed by atoms with Crippen LogP contribution in [-0.2, 0) is 11.2 Å². The topological polar surface area (TPSA) is 43.6 Å². The van der Waals surface area contributed by atoms with Gasteiger partial charge < -0.3 is 4.74 Å². The minimum atomic E-state index is -0.232. The second-order valence-corrected chi connectivity index (χ2v) is 9.83. The fourth-order valence-corrected chi connectivity index (χ4v) is 4.94. The first-order valence-electron chi connectivity index (χ1n) is 12.4. The third-order valence-corrected chi connectivity index (χ3v) is 6.97. The highest BCUT2D eigenvalue weighted by molar-refractivity contribution is 7.20. The molecule has 4 nitrogen and oxygen atoms in total. The summed E-state index contributed by atoms with van der Waals surface area (Å²) in [5.74, 6) is -0.232. The molecule has 0 fully saturated rings. The lowest BCUT2D eigenvalue weighted by Crippen LogP contribution is -2.15. The van der Waals surface area contributed by atoms with Crippen LogP contribution in [0.5, 0.6) is 0 Å². The number of nitrogens with zero attached hydrogens (tertiary/aromatic N) is 2. The molecule has 0 spiro atoms. The van der Waals surface area contributed by atoms with Crippen LogP contribution in [-0.4, -0.2) is 21.5 Å². The van der Waals surface area contributed by atoms with Gasteiger partial charge in [0.15, 0.2) is 4.96 Å². The average Bonchev–Trinajstić information content (AvgIpc) is 3.36. The summed E-state index contributed by atoms with van der Waals surface area (Å²) >= 11 is 1.69. The van der Waals surface area contributed by atoms with Crippen molar-refractivity contribution in [1.29, 1.82) is 0 Å². The van der Waals surface area contributed by atoms with Crippen LogP contribution < -0.4 is 0 Å². The largest absolute Gasteiger partial charge is 0.459 e. The number of carbonyl (C=O) groups excluding carboxylic acids is 1. The van der Waals surface area contributed by atoms with E-state index >= 15 is 0 Å². The van der Waals surface area contributed by atoms with Crippen LogP contribution in [0.4, 0.5) is 0 Å². The van der Waals surface area contributed by atoms with Gasteiger partial charge in [-0.05, 0) is 50.3 Å². The number of hydrogen-bond donors (Lipinski definition) is 0. The molecule has 0 unspecified atom stereocenters. The zero-order chi connectivity index (χ0) is 22.8. The van der Waals surface area contributed by atoms with Gasteiger partial charge in [0.05, 0.1) is 22.2 Å². The first-order valence-corrected chi connectivity index (χ1v) is 13.2.